The second kappa shape index (κ2) is 11.6. The van der Waals surface area contributed by atoms with Crippen LogP contribution in [0, 0.1) is 0 Å². The third-order valence-corrected chi connectivity index (χ3v) is 2.98. The average Bonchev–Trinajstić information content (AvgIpc) is 2.56. The first kappa shape index (κ1) is 22.1. The Labute approximate surface area is 147 Å². The number of nitrogens with one attached hydrogen (secondary N) is 2. The number of amides is 3. The minimum atomic E-state index is -0.824. The van der Waals surface area contributed by atoms with Gasteiger partial charge < -0.3 is 20.9 Å². The molecule has 1 aromatic heterocycles. The Morgan fingerprint density at radius 1 is 1.32 bits per heavy atom. The Morgan fingerprint density at radius 3 is 2.52 bits per heavy atom. The Bertz CT molecular complexity index is 679. The Hall–Kier alpha value is -2.90. The lowest BCUT2D eigenvalue weighted by molar-refractivity contribution is -0.125. The fraction of sp³-hybridized carbons (Fsp3) is 0.412. The van der Waals surface area contributed by atoms with Crippen LogP contribution in [-0.2, 0) is 21.4 Å². The predicted molar refractivity (Wildman–Crippen MR) is 96.8 cm³/mol. The van der Waals surface area contributed by atoms with Crippen molar-refractivity contribution < 1.29 is 14.4 Å². The van der Waals surface area contributed by atoms with Crippen LogP contribution >= 0.6 is 0 Å². The van der Waals surface area contributed by atoms with E-state index in [4.69, 9.17) is 5.73 Å². The van der Waals surface area contributed by atoms with Crippen molar-refractivity contribution in [2.24, 2.45) is 12.8 Å². The van der Waals surface area contributed by atoms with E-state index in [1.807, 2.05) is 13.8 Å². The van der Waals surface area contributed by atoms with Crippen molar-refractivity contribution in [3.05, 3.63) is 40.8 Å². The van der Waals surface area contributed by atoms with Crippen LogP contribution in [0.4, 0.5) is 5.69 Å². The van der Waals surface area contributed by atoms with Crippen LogP contribution in [-0.4, -0.2) is 28.3 Å². The second-order valence-electron chi connectivity index (χ2n) is 4.96. The van der Waals surface area contributed by atoms with E-state index in [0.717, 1.165) is 0 Å². The van der Waals surface area contributed by atoms with Gasteiger partial charge in [0, 0.05) is 20.2 Å². The number of nitrogens with zero attached hydrogens (tertiary/aromatic N) is 1. The van der Waals surface area contributed by atoms with Gasteiger partial charge in [0.25, 0.3) is 5.56 Å². The number of pyridine rings is 1. The molecule has 0 aliphatic carbocycles. The summed E-state index contributed by atoms with van der Waals surface area (Å²) in [7, 11) is 1.57. The minimum Gasteiger partial charge on any atom is -0.366 e. The summed E-state index contributed by atoms with van der Waals surface area (Å²) in [4.78, 5) is 46.0. The summed E-state index contributed by atoms with van der Waals surface area (Å²) >= 11 is 0. The predicted octanol–water partition coefficient (Wildman–Crippen LogP) is 0.676. The summed E-state index contributed by atoms with van der Waals surface area (Å²) in [5.41, 5.74) is 4.75. The van der Waals surface area contributed by atoms with Gasteiger partial charge in [0.2, 0.25) is 17.7 Å². The molecule has 1 rings (SSSR count). The first-order chi connectivity index (χ1) is 11.8. The Morgan fingerprint density at radius 2 is 1.96 bits per heavy atom. The zero-order valence-corrected chi connectivity index (χ0v) is 15.0. The van der Waals surface area contributed by atoms with Gasteiger partial charge in [0.1, 0.15) is 11.7 Å². The zero-order valence-electron chi connectivity index (χ0n) is 15.0. The van der Waals surface area contributed by atoms with Gasteiger partial charge in [-0.3, -0.25) is 19.2 Å². The molecule has 3 amide bonds. The maximum Gasteiger partial charge on any atom is 0.274 e. The summed E-state index contributed by atoms with van der Waals surface area (Å²) in [6, 6.07) is 2.29. The fourth-order valence-electron chi connectivity index (χ4n) is 1.89. The van der Waals surface area contributed by atoms with E-state index in [1.54, 1.807) is 19.3 Å². The van der Waals surface area contributed by atoms with Crippen LogP contribution in [0.1, 0.15) is 33.6 Å². The number of aryl methyl sites for hydroxylation is 1. The third-order valence-electron chi connectivity index (χ3n) is 2.98. The van der Waals surface area contributed by atoms with E-state index in [0.29, 0.717) is 6.42 Å². The molecule has 25 heavy (non-hydrogen) atoms. The van der Waals surface area contributed by atoms with Crippen LogP contribution in [0.5, 0.6) is 0 Å². The van der Waals surface area contributed by atoms with Crippen molar-refractivity contribution in [2.45, 2.75) is 39.7 Å². The minimum absolute atomic E-state index is 0.128. The van der Waals surface area contributed by atoms with Gasteiger partial charge >= 0.3 is 0 Å². The molecule has 0 saturated heterocycles. The van der Waals surface area contributed by atoms with E-state index in [2.05, 4.69) is 10.6 Å². The Kier molecular flexibility index (Phi) is 10.3. The van der Waals surface area contributed by atoms with Crippen molar-refractivity contribution >= 4 is 23.4 Å². The summed E-state index contributed by atoms with van der Waals surface area (Å²) in [6.07, 6.45) is 4.91. The molecule has 0 unspecified atom stereocenters. The summed E-state index contributed by atoms with van der Waals surface area (Å²) in [6.45, 7) is 5.29. The van der Waals surface area contributed by atoms with E-state index in [9.17, 15) is 19.2 Å². The molecule has 0 radical (unpaired) electrons. The van der Waals surface area contributed by atoms with Crippen LogP contribution < -0.4 is 21.9 Å². The topological polar surface area (TPSA) is 123 Å². The molecule has 0 spiro atoms. The quantitative estimate of drug-likeness (QED) is 0.626. The lowest BCUT2D eigenvalue weighted by Gasteiger charge is -2.16. The van der Waals surface area contributed by atoms with Gasteiger partial charge in [0.05, 0.1) is 0 Å². The number of primary amides is 1. The highest BCUT2D eigenvalue weighted by atomic mass is 16.2. The summed E-state index contributed by atoms with van der Waals surface area (Å²) < 4.78 is 1.33. The van der Waals surface area contributed by atoms with Gasteiger partial charge in [-0.15, -0.1) is 0 Å². The smallest absolute Gasteiger partial charge is 0.274 e. The summed E-state index contributed by atoms with van der Waals surface area (Å²) in [5.74, 6) is -1.46. The SMILES string of the molecule is CC.CC(=O)N[C@@H](CC/C=C/C(N)=O)C(=O)Nc1cccn(C)c1=O. The molecule has 8 nitrogen and oxygen atoms in total. The molecule has 0 aromatic carbocycles. The highest BCUT2D eigenvalue weighted by Crippen LogP contribution is 2.04. The van der Waals surface area contributed by atoms with Gasteiger partial charge in [-0.25, -0.2) is 0 Å². The molecule has 1 atom stereocenters. The van der Waals surface area contributed by atoms with Crippen LogP contribution in [0.15, 0.2) is 35.3 Å². The van der Waals surface area contributed by atoms with Crippen LogP contribution in [0.3, 0.4) is 0 Å². The number of carbonyl (C=O) groups is 3. The van der Waals surface area contributed by atoms with Crippen molar-refractivity contribution in [3.63, 3.8) is 0 Å². The molecular formula is C17H26N4O4. The van der Waals surface area contributed by atoms with E-state index in [-0.39, 0.29) is 23.6 Å². The highest BCUT2D eigenvalue weighted by Gasteiger charge is 2.19. The van der Waals surface area contributed by atoms with Crippen LogP contribution in [0.25, 0.3) is 0 Å². The van der Waals surface area contributed by atoms with Gasteiger partial charge in [-0.05, 0) is 31.1 Å². The number of nitrogens with two attached hydrogens (primary N) is 1. The van der Waals surface area contributed by atoms with Gasteiger partial charge in [-0.1, -0.05) is 19.9 Å². The largest absolute Gasteiger partial charge is 0.366 e. The highest BCUT2D eigenvalue weighted by molar-refractivity contribution is 5.96. The molecule has 0 bridgehead atoms. The Balaban J connectivity index is 0.00000277. The first-order valence-electron chi connectivity index (χ1n) is 8.01. The number of carbonyl (C=O) groups excluding carboxylic acids is 3. The number of allylic oxidation sites excluding steroid dienone is 1. The summed E-state index contributed by atoms with van der Waals surface area (Å²) in [5, 5.41) is 5.02. The lowest BCUT2D eigenvalue weighted by Crippen LogP contribution is -2.43. The van der Waals surface area contributed by atoms with E-state index < -0.39 is 17.9 Å². The molecule has 8 heteroatoms. The van der Waals surface area contributed by atoms with Crippen molar-refractivity contribution in [2.75, 3.05) is 5.32 Å². The fourth-order valence-corrected chi connectivity index (χ4v) is 1.89. The average molecular weight is 350 g/mol. The molecule has 4 N–H and O–H groups in total. The molecule has 0 aliphatic heterocycles. The van der Waals surface area contributed by atoms with Crippen LogP contribution in [0.2, 0.25) is 0 Å². The normalized spacial score (nSPS) is 11.2. The van der Waals surface area contributed by atoms with E-state index >= 15 is 0 Å². The monoisotopic (exact) mass is 350 g/mol. The molecule has 1 heterocycles. The molecular weight excluding hydrogens is 324 g/mol. The molecule has 138 valence electrons. The number of hydrogen-bond acceptors (Lipinski definition) is 4. The number of rotatable bonds is 7. The molecule has 0 fully saturated rings. The van der Waals surface area contributed by atoms with Gasteiger partial charge in [0.15, 0.2) is 0 Å². The molecule has 0 aliphatic rings. The number of aromatic nitrogens is 1. The zero-order chi connectivity index (χ0) is 19.4. The third kappa shape index (κ3) is 8.50. The van der Waals surface area contributed by atoms with Gasteiger partial charge in [-0.2, -0.15) is 0 Å². The maximum atomic E-state index is 12.3. The maximum absolute atomic E-state index is 12.3. The van der Waals surface area contributed by atoms with E-state index in [1.165, 1.54) is 29.7 Å². The lowest BCUT2D eigenvalue weighted by atomic mass is 10.1. The van der Waals surface area contributed by atoms with Crippen molar-refractivity contribution in [1.29, 1.82) is 0 Å². The van der Waals surface area contributed by atoms with Crippen molar-refractivity contribution in [1.82, 2.24) is 9.88 Å². The number of anilines is 1. The second-order valence-corrected chi connectivity index (χ2v) is 4.96. The number of hydrogen-bond donors (Lipinski definition) is 3. The molecule has 1 aromatic rings. The molecule has 0 saturated carbocycles. The first-order valence-corrected chi connectivity index (χ1v) is 8.01. The standard InChI is InChI=1S/C15H20N4O4.C2H6/c1-10(20)17-11(6-3-4-8-13(16)21)14(22)18-12-7-5-9-19(2)15(12)23;1-2/h4-5,7-9,11H,3,6H2,1-2H3,(H2,16,21)(H,17,20)(H,18,22);1-2H3/b8-4+;/t11-;/m0./s1. The van der Waals surface area contributed by atoms with Crippen molar-refractivity contribution in [3.8, 4) is 0 Å².